The summed E-state index contributed by atoms with van der Waals surface area (Å²) in [7, 11) is 0. The molecule has 1 saturated carbocycles. The van der Waals surface area contributed by atoms with Crippen LogP contribution in [0, 0.1) is 5.41 Å². The molecule has 0 atom stereocenters. The molecule has 1 nitrogen and oxygen atoms in total. The molecular formula is C7H15N. The summed E-state index contributed by atoms with van der Waals surface area (Å²) < 4.78 is 0. The van der Waals surface area contributed by atoms with Gasteiger partial charge in [0.05, 0.1) is 0 Å². The quantitative estimate of drug-likeness (QED) is 0.590. The predicted octanol–water partition coefficient (Wildman–Crippen LogP) is 1.53. The predicted molar refractivity (Wildman–Crippen MR) is 35.6 cm³/mol. The molecule has 0 aromatic heterocycles. The summed E-state index contributed by atoms with van der Waals surface area (Å²) in [6.07, 6.45) is 5.45. The molecule has 2 N–H and O–H groups in total. The largest absolute Gasteiger partial charge is 0.330 e. The van der Waals surface area contributed by atoms with Crippen LogP contribution >= 0.6 is 0 Å². The number of nitrogens with two attached hydrogens (primary N) is 1. The highest BCUT2D eigenvalue weighted by Gasteiger charge is 2.39. The minimum absolute atomic E-state index is 0.717. The van der Waals surface area contributed by atoms with Crippen LogP contribution in [0.25, 0.3) is 0 Å². The van der Waals surface area contributed by atoms with Gasteiger partial charge in [-0.1, -0.05) is 13.3 Å². The van der Waals surface area contributed by atoms with E-state index in [0.29, 0.717) is 0 Å². The summed E-state index contributed by atoms with van der Waals surface area (Å²) in [5, 5.41) is 0. The first-order chi connectivity index (χ1) is 3.83. The summed E-state index contributed by atoms with van der Waals surface area (Å²) in [4.78, 5) is 0. The van der Waals surface area contributed by atoms with E-state index in [1.807, 2.05) is 0 Å². The second-order valence-corrected chi connectivity index (χ2v) is 2.89. The molecule has 0 amide bonds. The minimum atomic E-state index is 0.717. The zero-order valence-electron chi connectivity index (χ0n) is 5.61. The van der Waals surface area contributed by atoms with Crippen molar-refractivity contribution < 1.29 is 0 Å². The first-order valence-corrected chi connectivity index (χ1v) is 3.53. The fourth-order valence-electron chi connectivity index (χ4n) is 1.26. The molecule has 1 heteroatoms. The average Bonchev–Trinajstić information content (AvgIpc) is 2.50. The van der Waals surface area contributed by atoms with Crippen molar-refractivity contribution in [1.29, 1.82) is 0 Å². The highest BCUT2D eigenvalue weighted by atomic mass is 14.6. The molecule has 8 heavy (non-hydrogen) atoms. The lowest BCUT2D eigenvalue weighted by atomic mass is 10.00. The van der Waals surface area contributed by atoms with E-state index in [1.54, 1.807) is 0 Å². The first-order valence-electron chi connectivity index (χ1n) is 3.53. The molecule has 0 heterocycles. The molecule has 0 aliphatic heterocycles. The van der Waals surface area contributed by atoms with E-state index in [1.165, 1.54) is 25.7 Å². The van der Waals surface area contributed by atoms with Crippen molar-refractivity contribution >= 4 is 0 Å². The van der Waals surface area contributed by atoms with Crippen LogP contribution in [-0.4, -0.2) is 6.54 Å². The van der Waals surface area contributed by atoms with Crippen molar-refractivity contribution in [1.82, 2.24) is 0 Å². The highest BCUT2D eigenvalue weighted by Crippen LogP contribution is 2.51. The molecule has 0 radical (unpaired) electrons. The van der Waals surface area contributed by atoms with Crippen LogP contribution in [0.1, 0.15) is 32.6 Å². The van der Waals surface area contributed by atoms with Crippen LogP contribution in [0.3, 0.4) is 0 Å². The lowest BCUT2D eigenvalue weighted by molar-refractivity contribution is 0.457. The Bertz CT molecular complexity index is 74.5. The van der Waals surface area contributed by atoms with Gasteiger partial charge in [0.25, 0.3) is 0 Å². The minimum Gasteiger partial charge on any atom is -0.330 e. The maximum atomic E-state index is 5.43. The molecule has 0 spiro atoms. The van der Waals surface area contributed by atoms with Crippen LogP contribution in [-0.2, 0) is 0 Å². The maximum absolute atomic E-state index is 5.43. The standard InChI is InChI=1S/C7H15N/c1-2-7(3-4-7)5-6-8/h2-6,8H2,1H3. The molecular weight excluding hydrogens is 98.1 g/mol. The van der Waals surface area contributed by atoms with E-state index >= 15 is 0 Å². The molecule has 1 fully saturated rings. The Labute approximate surface area is 51.3 Å². The van der Waals surface area contributed by atoms with E-state index in [9.17, 15) is 0 Å². The van der Waals surface area contributed by atoms with Crippen LogP contribution in [0.15, 0.2) is 0 Å². The van der Waals surface area contributed by atoms with E-state index in [2.05, 4.69) is 6.92 Å². The molecule has 0 aromatic carbocycles. The van der Waals surface area contributed by atoms with Crippen LogP contribution in [0.5, 0.6) is 0 Å². The topological polar surface area (TPSA) is 26.0 Å². The fraction of sp³-hybridized carbons (Fsp3) is 1.00. The SMILES string of the molecule is CCC1(CCN)CC1. The molecule has 0 saturated heterocycles. The van der Waals surface area contributed by atoms with Crippen molar-refractivity contribution in [3.8, 4) is 0 Å². The van der Waals surface area contributed by atoms with E-state index in [0.717, 1.165) is 12.0 Å². The van der Waals surface area contributed by atoms with Gasteiger partial charge in [-0.05, 0) is 31.2 Å². The van der Waals surface area contributed by atoms with Crippen molar-refractivity contribution in [2.45, 2.75) is 32.6 Å². The lowest BCUT2D eigenvalue weighted by Crippen LogP contribution is -2.07. The normalized spacial score (nSPS) is 23.2. The van der Waals surface area contributed by atoms with E-state index in [4.69, 9.17) is 5.73 Å². The van der Waals surface area contributed by atoms with Gasteiger partial charge >= 0.3 is 0 Å². The molecule has 48 valence electrons. The average molecular weight is 113 g/mol. The second kappa shape index (κ2) is 2.06. The Balaban J connectivity index is 2.20. The highest BCUT2D eigenvalue weighted by molar-refractivity contribution is 4.91. The zero-order valence-corrected chi connectivity index (χ0v) is 5.61. The van der Waals surface area contributed by atoms with Crippen LogP contribution < -0.4 is 5.73 Å². The van der Waals surface area contributed by atoms with Gasteiger partial charge in [-0.3, -0.25) is 0 Å². The first kappa shape index (κ1) is 6.09. The van der Waals surface area contributed by atoms with Crippen molar-refractivity contribution in [3.63, 3.8) is 0 Å². The maximum Gasteiger partial charge on any atom is -0.00720 e. The second-order valence-electron chi connectivity index (χ2n) is 2.89. The van der Waals surface area contributed by atoms with Crippen LogP contribution in [0.4, 0.5) is 0 Å². The van der Waals surface area contributed by atoms with Gasteiger partial charge in [-0.15, -0.1) is 0 Å². The van der Waals surface area contributed by atoms with Gasteiger partial charge in [0.2, 0.25) is 0 Å². The third kappa shape index (κ3) is 1.03. The Morgan fingerprint density at radius 3 is 2.25 bits per heavy atom. The van der Waals surface area contributed by atoms with Gasteiger partial charge < -0.3 is 5.73 Å². The van der Waals surface area contributed by atoms with Crippen LogP contribution in [0.2, 0.25) is 0 Å². The Morgan fingerprint density at radius 1 is 1.50 bits per heavy atom. The van der Waals surface area contributed by atoms with Crippen molar-refractivity contribution in [2.24, 2.45) is 11.1 Å². The molecule has 0 unspecified atom stereocenters. The van der Waals surface area contributed by atoms with Crippen molar-refractivity contribution in [3.05, 3.63) is 0 Å². The monoisotopic (exact) mass is 113 g/mol. The summed E-state index contributed by atoms with van der Waals surface area (Å²) in [6.45, 7) is 3.15. The Kier molecular flexibility index (Phi) is 1.57. The summed E-state index contributed by atoms with van der Waals surface area (Å²) >= 11 is 0. The smallest absolute Gasteiger partial charge is 0.00720 e. The van der Waals surface area contributed by atoms with Gasteiger partial charge in [0, 0.05) is 0 Å². The van der Waals surface area contributed by atoms with Crippen molar-refractivity contribution in [2.75, 3.05) is 6.54 Å². The molecule has 0 aromatic rings. The fourth-order valence-corrected chi connectivity index (χ4v) is 1.26. The third-order valence-corrected chi connectivity index (χ3v) is 2.38. The summed E-state index contributed by atoms with van der Waals surface area (Å²) in [6, 6.07) is 0. The van der Waals surface area contributed by atoms with Gasteiger partial charge in [0.1, 0.15) is 0 Å². The van der Waals surface area contributed by atoms with Gasteiger partial charge in [-0.25, -0.2) is 0 Å². The third-order valence-electron chi connectivity index (χ3n) is 2.38. The Hall–Kier alpha value is -0.0400. The Morgan fingerprint density at radius 2 is 2.12 bits per heavy atom. The summed E-state index contributed by atoms with van der Waals surface area (Å²) in [5.74, 6) is 0. The number of rotatable bonds is 3. The molecule has 1 rings (SSSR count). The number of hydrogen-bond donors (Lipinski definition) is 1. The number of hydrogen-bond acceptors (Lipinski definition) is 1. The van der Waals surface area contributed by atoms with Gasteiger partial charge in [0.15, 0.2) is 0 Å². The summed E-state index contributed by atoms with van der Waals surface area (Å²) in [5.41, 5.74) is 6.15. The lowest BCUT2D eigenvalue weighted by Gasteiger charge is -2.07. The van der Waals surface area contributed by atoms with E-state index in [-0.39, 0.29) is 0 Å². The molecule has 1 aliphatic carbocycles. The molecule has 0 bridgehead atoms. The van der Waals surface area contributed by atoms with E-state index < -0.39 is 0 Å². The molecule has 1 aliphatic rings. The zero-order chi connectivity index (χ0) is 6.04. The van der Waals surface area contributed by atoms with Gasteiger partial charge in [-0.2, -0.15) is 0 Å².